The molecule has 106 valence electrons. The van der Waals surface area contributed by atoms with Gasteiger partial charge in [0.05, 0.1) is 6.61 Å². The number of hydroxylamine groups is 1. The lowest BCUT2D eigenvalue weighted by atomic mass is 10.0. The maximum Gasteiger partial charge on any atom is 0.281 e. The average molecular weight is 265 g/mol. The summed E-state index contributed by atoms with van der Waals surface area (Å²) in [5.41, 5.74) is 3.60. The third-order valence-corrected chi connectivity index (χ3v) is 2.52. The summed E-state index contributed by atoms with van der Waals surface area (Å²) in [6, 6.07) is 7.76. The van der Waals surface area contributed by atoms with Crippen LogP contribution in [-0.2, 0) is 9.63 Å². The molecule has 4 heteroatoms. The molecule has 0 aromatic heterocycles. The monoisotopic (exact) mass is 265 g/mol. The van der Waals surface area contributed by atoms with Crippen LogP contribution in [0.2, 0.25) is 0 Å². The molecular formula is C15H23NO3. The Bertz CT molecular complexity index is 385. The van der Waals surface area contributed by atoms with Crippen molar-refractivity contribution in [3.63, 3.8) is 0 Å². The van der Waals surface area contributed by atoms with Crippen molar-refractivity contribution in [3.05, 3.63) is 29.8 Å². The fourth-order valence-corrected chi connectivity index (χ4v) is 1.42. The molecule has 0 aliphatic carbocycles. The number of ether oxygens (including phenoxy) is 1. The van der Waals surface area contributed by atoms with Gasteiger partial charge in [0.15, 0.2) is 6.61 Å². The van der Waals surface area contributed by atoms with Gasteiger partial charge >= 0.3 is 0 Å². The third kappa shape index (κ3) is 6.25. The standard InChI is InChI=1S/C15H23NO3/c1-11(2)9-19-16-15(17)10-18-14-7-5-13(6-8-14)12(3)4/h5-8,11-12H,9-10H2,1-4H3,(H,16,17). The van der Waals surface area contributed by atoms with Crippen molar-refractivity contribution in [2.24, 2.45) is 5.92 Å². The van der Waals surface area contributed by atoms with E-state index in [0.717, 1.165) is 0 Å². The van der Waals surface area contributed by atoms with E-state index in [1.54, 1.807) is 0 Å². The van der Waals surface area contributed by atoms with Gasteiger partial charge in [0, 0.05) is 0 Å². The second-order valence-electron chi connectivity index (χ2n) is 5.24. The molecule has 0 radical (unpaired) electrons. The van der Waals surface area contributed by atoms with Gasteiger partial charge in [-0.15, -0.1) is 0 Å². The van der Waals surface area contributed by atoms with E-state index in [2.05, 4.69) is 19.3 Å². The minimum absolute atomic E-state index is 0.0425. The molecule has 1 rings (SSSR count). The SMILES string of the molecule is CC(C)CONC(=O)COc1ccc(C(C)C)cc1. The lowest BCUT2D eigenvalue weighted by molar-refractivity contribution is -0.136. The molecule has 1 aromatic carbocycles. The predicted molar refractivity (Wildman–Crippen MR) is 75.0 cm³/mol. The van der Waals surface area contributed by atoms with Crippen LogP contribution in [0.25, 0.3) is 0 Å². The van der Waals surface area contributed by atoms with Gasteiger partial charge in [-0.1, -0.05) is 39.8 Å². The molecule has 0 heterocycles. The van der Waals surface area contributed by atoms with Crippen LogP contribution in [0, 0.1) is 5.92 Å². The minimum atomic E-state index is -0.284. The Morgan fingerprint density at radius 2 is 1.79 bits per heavy atom. The largest absolute Gasteiger partial charge is 0.484 e. The van der Waals surface area contributed by atoms with Crippen LogP contribution in [0.1, 0.15) is 39.2 Å². The van der Waals surface area contributed by atoms with E-state index in [1.807, 2.05) is 38.1 Å². The number of benzene rings is 1. The zero-order valence-electron chi connectivity index (χ0n) is 12.1. The number of carbonyl (C=O) groups excluding carboxylic acids is 1. The maximum absolute atomic E-state index is 11.4. The second kappa shape index (κ2) is 7.79. The van der Waals surface area contributed by atoms with Gasteiger partial charge in [-0.05, 0) is 29.5 Å². The summed E-state index contributed by atoms with van der Waals surface area (Å²) >= 11 is 0. The number of hydrogen-bond donors (Lipinski definition) is 1. The zero-order chi connectivity index (χ0) is 14.3. The van der Waals surface area contributed by atoms with Gasteiger partial charge < -0.3 is 4.74 Å². The van der Waals surface area contributed by atoms with Crippen molar-refractivity contribution >= 4 is 5.91 Å². The fraction of sp³-hybridized carbons (Fsp3) is 0.533. The first-order valence-electron chi connectivity index (χ1n) is 6.62. The van der Waals surface area contributed by atoms with Crippen molar-refractivity contribution < 1.29 is 14.4 Å². The highest BCUT2D eigenvalue weighted by Crippen LogP contribution is 2.18. The first-order chi connectivity index (χ1) is 8.99. The van der Waals surface area contributed by atoms with E-state index in [0.29, 0.717) is 24.2 Å². The molecule has 0 aliphatic heterocycles. The van der Waals surface area contributed by atoms with Crippen molar-refractivity contribution in [1.29, 1.82) is 0 Å². The smallest absolute Gasteiger partial charge is 0.281 e. The van der Waals surface area contributed by atoms with Gasteiger partial charge in [-0.3, -0.25) is 9.63 Å². The van der Waals surface area contributed by atoms with Crippen molar-refractivity contribution in [2.45, 2.75) is 33.6 Å². The van der Waals surface area contributed by atoms with E-state index >= 15 is 0 Å². The highest BCUT2D eigenvalue weighted by Gasteiger charge is 2.04. The second-order valence-corrected chi connectivity index (χ2v) is 5.24. The number of carbonyl (C=O) groups is 1. The molecule has 1 amide bonds. The van der Waals surface area contributed by atoms with Crippen LogP contribution in [0.5, 0.6) is 5.75 Å². The Labute approximate surface area is 115 Å². The van der Waals surface area contributed by atoms with E-state index in [4.69, 9.17) is 9.57 Å². The Hall–Kier alpha value is -1.55. The molecule has 4 nitrogen and oxygen atoms in total. The summed E-state index contributed by atoms with van der Waals surface area (Å²) in [6.45, 7) is 8.75. The number of amides is 1. The van der Waals surface area contributed by atoms with Crippen LogP contribution < -0.4 is 10.2 Å². The third-order valence-electron chi connectivity index (χ3n) is 2.52. The molecule has 0 spiro atoms. The molecule has 1 N–H and O–H groups in total. The van der Waals surface area contributed by atoms with Gasteiger partial charge in [0.25, 0.3) is 5.91 Å². The molecule has 1 aromatic rings. The van der Waals surface area contributed by atoms with Crippen molar-refractivity contribution in [2.75, 3.05) is 13.2 Å². The Balaban J connectivity index is 2.30. The number of nitrogens with one attached hydrogen (secondary N) is 1. The molecule has 0 saturated carbocycles. The maximum atomic E-state index is 11.4. The minimum Gasteiger partial charge on any atom is -0.484 e. The lowest BCUT2D eigenvalue weighted by Crippen LogP contribution is -2.30. The van der Waals surface area contributed by atoms with Gasteiger partial charge in [-0.2, -0.15) is 0 Å². The van der Waals surface area contributed by atoms with Crippen LogP contribution in [0.15, 0.2) is 24.3 Å². The molecule has 0 unspecified atom stereocenters. The summed E-state index contributed by atoms with van der Waals surface area (Å²) < 4.78 is 5.37. The van der Waals surface area contributed by atoms with Crippen molar-refractivity contribution in [3.8, 4) is 5.75 Å². The van der Waals surface area contributed by atoms with Crippen LogP contribution >= 0.6 is 0 Å². The highest BCUT2D eigenvalue weighted by molar-refractivity contribution is 5.76. The predicted octanol–water partition coefficient (Wildman–Crippen LogP) is 2.89. The van der Waals surface area contributed by atoms with E-state index < -0.39 is 0 Å². The normalized spacial score (nSPS) is 10.8. The lowest BCUT2D eigenvalue weighted by Gasteiger charge is -2.10. The van der Waals surface area contributed by atoms with Crippen LogP contribution in [0.3, 0.4) is 0 Å². The van der Waals surface area contributed by atoms with Crippen LogP contribution in [0.4, 0.5) is 0 Å². The highest BCUT2D eigenvalue weighted by atomic mass is 16.7. The molecular weight excluding hydrogens is 242 g/mol. The van der Waals surface area contributed by atoms with Gasteiger partial charge in [-0.25, -0.2) is 5.48 Å². The summed E-state index contributed by atoms with van der Waals surface area (Å²) in [5, 5.41) is 0. The topological polar surface area (TPSA) is 47.6 Å². The molecule has 19 heavy (non-hydrogen) atoms. The number of hydrogen-bond acceptors (Lipinski definition) is 3. The van der Waals surface area contributed by atoms with E-state index in [-0.39, 0.29) is 12.5 Å². The molecule has 0 aliphatic rings. The summed E-state index contributed by atoms with van der Waals surface area (Å²) in [6.07, 6.45) is 0. The Kier molecular flexibility index (Phi) is 6.36. The Morgan fingerprint density at radius 3 is 2.32 bits per heavy atom. The van der Waals surface area contributed by atoms with E-state index in [9.17, 15) is 4.79 Å². The van der Waals surface area contributed by atoms with Gasteiger partial charge in [0.1, 0.15) is 5.75 Å². The molecule has 0 atom stereocenters. The van der Waals surface area contributed by atoms with Gasteiger partial charge in [0.2, 0.25) is 0 Å². The van der Waals surface area contributed by atoms with Crippen LogP contribution in [-0.4, -0.2) is 19.1 Å². The molecule has 0 fully saturated rings. The number of rotatable bonds is 7. The summed E-state index contributed by atoms with van der Waals surface area (Å²) in [5.74, 6) is 1.27. The first kappa shape index (κ1) is 15.5. The molecule has 0 bridgehead atoms. The summed E-state index contributed by atoms with van der Waals surface area (Å²) in [4.78, 5) is 16.4. The van der Waals surface area contributed by atoms with E-state index in [1.165, 1.54) is 5.56 Å². The quantitative estimate of drug-likeness (QED) is 0.771. The molecule has 0 saturated heterocycles. The fourth-order valence-electron chi connectivity index (χ4n) is 1.42. The first-order valence-corrected chi connectivity index (χ1v) is 6.62. The Morgan fingerprint density at radius 1 is 1.16 bits per heavy atom. The zero-order valence-corrected chi connectivity index (χ0v) is 12.1. The summed E-state index contributed by atoms with van der Waals surface area (Å²) in [7, 11) is 0. The average Bonchev–Trinajstić information content (AvgIpc) is 2.36. The van der Waals surface area contributed by atoms with Crippen molar-refractivity contribution in [1.82, 2.24) is 5.48 Å².